The molecule has 4 N–H and O–H groups in total. The Hall–Kier alpha value is -2.60. The highest BCUT2D eigenvalue weighted by atomic mass is 32.2. The van der Waals surface area contributed by atoms with Gasteiger partial charge in [-0.25, -0.2) is 4.98 Å². The van der Waals surface area contributed by atoms with E-state index in [0.29, 0.717) is 5.69 Å². The van der Waals surface area contributed by atoms with Crippen molar-refractivity contribution < 1.29 is 21.9 Å². The number of aromatic nitrogens is 2. The summed E-state index contributed by atoms with van der Waals surface area (Å²) in [6.07, 6.45) is 0.308. The van der Waals surface area contributed by atoms with Gasteiger partial charge in [0.25, 0.3) is 0 Å². The zero-order valence-corrected chi connectivity index (χ0v) is 16.1. The van der Waals surface area contributed by atoms with Gasteiger partial charge in [-0.1, -0.05) is 30.1 Å². The number of halogens is 3. The van der Waals surface area contributed by atoms with E-state index in [1.54, 1.807) is 12.1 Å². The van der Waals surface area contributed by atoms with E-state index in [-0.39, 0.29) is 23.5 Å². The summed E-state index contributed by atoms with van der Waals surface area (Å²) < 4.78 is 62.5. The first-order valence-electron chi connectivity index (χ1n) is 8.97. The maximum Gasteiger partial charge on any atom is 0.433 e. The largest absolute Gasteiger partial charge is 0.454 e. The average molecular weight is 429 g/mol. The third kappa shape index (κ3) is 6.46. The summed E-state index contributed by atoms with van der Waals surface area (Å²) in [5, 5.41) is 3.00. The fourth-order valence-electron chi connectivity index (χ4n) is 2.98. The normalized spacial score (nSPS) is 16.4. The van der Waals surface area contributed by atoms with Crippen LogP contribution in [0.3, 0.4) is 0 Å². The second-order valence-electron chi connectivity index (χ2n) is 6.56. The van der Waals surface area contributed by atoms with Crippen molar-refractivity contribution in [2.24, 2.45) is 4.36 Å². The van der Waals surface area contributed by atoms with Gasteiger partial charge in [0.2, 0.25) is 5.95 Å². The number of rotatable bonds is 6. The van der Waals surface area contributed by atoms with Gasteiger partial charge in [0, 0.05) is 17.8 Å². The molecule has 3 rings (SSSR count). The fourth-order valence-corrected chi connectivity index (χ4v) is 3.28. The van der Waals surface area contributed by atoms with Crippen LogP contribution in [0.5, 0.6) is 0 Å². The first kappa shape index (κ1) is 21.1. The minimum Gasteiger partial charge on any atom is -0.454 e. The molecule has 1 aromatic heterocycles. The van der Waals surface area contributed by atoms with E-state index < -0.39 is 22.7 Å². The van der Waals surface area contributed by atoms with Crippen LogP contribution in [0, 0.1) is 0 Å². The van der Waals surface area contributed by atoms with E-state index in [9.17, 15) is 17.4 Å². The molecule has 1 fully saturated rings. The van der Waals surface area contributed by atoms with Gasteiger partial charge < -0.3 is 18.4 Å². The van der Waals surface area contributed by atoms with Crippen LogP contribution in [0.2, 0.25) is 0 Å². The highest BCUT2D eigenvalue weighted by Crippen LogP contribution is 2.30. The van der Waals surface area contributed by atoms with E-state index in [2.05, 4.69) is 30.5 Å². The Morgan fingerprint density at radius 3 is 2.38 bits per heavy atom. The molecule has 1 aliphatic carbocycles. The zero-order chi connectivity index (χ0) is 20.9. The van der Waals surface area contributed by atoms with Crippen LogP contribution >= 0.6 is 0 Å². The number of alkyl halides is 3. The van der Waals surface area contributed by atoms with Crippen LogP contribution in [-0.4, -0.2) is 20.6 Å². The molecule has 29 heavy (non-hydrogen) atoms. The number of nitrogens with zero attached hydrogens (tertiary/aromatic N) is 3. The highest BCUT2D eigenvalue weighted by molar-refractivity contribution is 7.68. The SMILES string of the molecule is O=[S-](O)=Nc1ccc(NNc2cc(C(F)(F)F)nc(NC3CCCCC3)n2)cc1. The van der Waals surface area contributed by atoms with Crippen molar-refractivity contribution in [3.8, 4) is 0 Å². The van der Waals surface area contributed by atoms with Crippen molar-refractivity contribution in [2.75, 3.05) is 16.2 Å². The molecule has 0 aliphatic heterocycles. The molecule has 0 atom stereocenters. The van der Waals surface area contributed by atoms with Crippen LogP contribution in [0.25, 0.3) is 0 Å². The standard InChI is InChI=1S/C17H20F3N6O2S/c18-17(19,20)14-10-15(23-16(22-14)21-11-4-2-1-3-5-11)25-24-12-6-8-13(9-7-12)26-29(27)28/h6-11,24H,1-5H2,(H,26,27,28)(H2,21,22,23,25)/q-1. The molecule has 8 nitrogen and oxygen atoms in total. The third-order valence-corrected chi connectivity index (χ3v) is 4.71. The highest BCUT2D eigenvalue weighted by Gasteiger charge is 2.34. The number of anilines is 3. The lowest BCUT2D eigenvalue weighted by Gasteiger charge is -2.23. The molecular formula is C17H20F3N6O2S-. The minimum atomic E-state index is -4.61. The zero-order valence-electron chi connectivity index (χ0n) is 15.2. The van der Waals surface area contributed by atoms with Gasteiger partial charge in [-0.05, 0) is 37.1 Å². The predicted molar refractivity (Wildman–Crippen MR) is 104 cm³/mol. The minimum absolute atomic E-state index is 0.0455. The van der Waals surface area contributed by atoms with Gasteiger partial charge in [-0.2, -0.15) is 18.2 Å². The molecule has 0 spiro atoms. The maximum atomic E-state index is 13.2. The molecule has 0 amide bonds. The molecule has 1 aromatic carbocycles. The van der Waals surface area contributed by atoms with Gasteiger partial charge in [0.1, 0.15) is 0 Å². The predicted octanol–water partition coefficient (Wildman–Crippen LogP) is 4.93. The summed E-state index contributed by atoms with van der Waals surface area (Å²) in [5.74, 6) is -0.119. The molecule has 0 bridgehead atoms. The second kappa shape index (κ2) is 9.27. The molecule has 0 radical (unpaired) electrons. The van der Waals surface area contributed by atoms with E-state index in [1.807, 2.05) is 0 Å². The van der Waals surface area contributed by atoms with E-state index in [0.717, 1.165) is 38.2 Å². The van der Waals surface area contributed by atoms with E-state index in [4.69, 9.17) is 4.55 Å². The number of benzene rings is 1. The lowest BCUT2D eigenvalue weighted by molar-refractivity contribution is -0.141. The van der Waals surface area contributed by atoms with Crippen LogP contribution in [0.15, 0.2) is 34.7 Å². The van der Waals surface area contributed by atoms with Crippen molar-refractivity contribution >= 4 is 34.0 Å². The van der Waals surface area contributed by atoms with Crippen molar-refractivity contribution in [3.63, 3.8) is 0 Å². The summed E-state index contributed by atoms with van der Waals surface area (Å²) in [6.45, 7) is 0. The molecule has 1 aliphatic rings. The Morgan fingerprint density at radius 1 is 1.07 bits per heavy atom. The second-order valence-corrected chi connectivity index (χ2v) is 7.20. The summed E-state index contributed by atoms with van der Waals surface area (Å²) in [7, 11) is -2.32. The number of hydrazine groups is 1. The Labute approximate surface area is 167 Å². The molecule has 158 valence electrons. The van der Waals surface area contributed by atoms with Gasteiger partial charge in [0.15, 0.2) is 11.5 Å². The van der Waals surface area contributed by atoms with E-state index in [1.165, 1.54) is 12.1 Å². The van der Waals surface area contributed by atoms with Gasteiger partial charge in [0.05, 0.1) is 5.69 Å². The Kier molecular flexibility index (Phi) is 6.75. The van der Waals surface area contributed by atoms with Crippen molar-refractivity contribution in [2.45, 2.75) is 44.3 Å². The quantitative estimate of drug-likeness (QED) is 0.293. The summed E-state index contributed by atoms with van der Waals surface area (Å²) >= 11 is 0. The first-order valence-corrected chi connectivity index (χ1v) is 10.0. The van der Waals surface area contributed by atoms with Crippen molar-refractivity contribution in [1.82, 2.24) is 9.97 Å². The maximum absolute atomic E-state index is 13.2. The third-order valence-electron chi connectivity index (χ3n) is 4.34. The molecule has 12 heteroatoms. The smallest absolute Gasteiger partial charge is 0.433 e. The van der Waals surface area contributed by atoms with Crippen LogP contribution in [0.1, 0.15) is 37.8 Å². The van der Waals surface area contributed by atoms with E-state index >= 15 is 0 Å². The summed E-state index contributed by atoms with van der Waals surface area (Å²) in [4.78, 5) is 7.74. The van der Waals surface area contributed by atoms with Crippen molar-refractivity contribution in [3.05, 3.63) is 36.0 Å². The van der Waals surface area contributed by atoms with Gasteiger partial charge in [-0.3, -0.25) is 10.9 Å². The first-order chi connectivity index (χ1) is 13.8. The van der Waals surface area contributed by atoms with Crippen LogP contribution in [-0.2, 0) is 21.3 Å². The summed E-state index contributed by atoms with van der Waals surface area (Å²) in [5.41, 5.74) is 5.11. The Morgan fingerprint density at radius 2 is 1.76 bits per heavy atom. The molecule has 0 saturated heterocycles. The molecule has 0 unspecified atom stereocenters. The molecule has 1 saturated carbocycles. The van der Waals surface area contributed by atoms with Gasteiger partial charge >= 0.3 is 6.18 Å². The number of hydrogen-bond acceptors (Lipinski definition) is 8. The Balaban J connectivity index is 1.73. The molecule has 1 heterocycles. The molecule has 2 aromatic rings. The lowest BCUT2D eigenvalue weighted by Crippen LogP contribution is -2.25. The number of hydrogen-bond donors (Lipinski definition) is 4. The fraction of sp³-hybridized carbons (Fsp3) is 0.412. The number of nitrogens with one attached hydrogen (secondary N) is 3. The summed E-state index contributed by atoms with van der Waals surface area (Å²) in [6, 6.07) is 6.93. The topological polar surface area (TPSA) is 112 Å². The van der Waals surface area contributed by atoms with Crippen LogP contribution in [0.4, 0.5) is 36.3 Å². The van der Waals surface area contributed by atoms with Gasteiger partial charge in [-0.15, -0.1) is 0 Å². The average Bonchev–Trinajstić information content (AvgIpc) is 2.67. The van der Waals surface area contributed by atoms with Crippen molar-refractivity contribution in [1.29, 1.82) is 0 Å². The van der Waals surface area contributed by atoms with Crippen LogP contribution < -0.4 is 16.2 Å². The Bertz CT molecular complexity index is 910. The monoisotopic (exact) mass is 429 g/mol. The lowest BCUT2D eigenvalue weighted by atomic mass is 9.96. The molecular weight excluding hydrogens is 409 g/mol.